The number of thioether (sulfide) groups is 1. The number of piperidine rings is 1. The summed E-state index contributed by atoms with van der Waals surface area (Å²) in [6, 6.07) is 14.7. The van der Waals surface area contributed by atoms with Crippen molar-refractivity contribution < 1.29 is 9.59 Å². The molecule has 0 aliphatic carbocycles. The predicted molar refractivity (Wildman–Crippen MR) is 116 cm³/mol. The normalized spacial score (nSPS) is 16.5. The molecule has 1 aliphatic heterocycles. The van der Waals surface area contributed by atoms with Crippen molar-refractivity contribution in [1.82, 2.24) is 4.90 Å². The first-order chi connectivity index (χ1) is 13.6. The Kier molecular flexibility index (Phi) is 7.23. The van der Waals surface area contributed by atoms with E-state index in [-0.39, 0.29) is 17.9 Å². The largest absolute Gasteiger partial charge is 0.325 e. The van der Waals surface area contributed by atoms with Crippen LogP contribution in [0.5, 0.6) is 0 Å². The van der Waals surface area contributed by atoms with Crippen LogP contribution >= 0.6 is 23.4 Å². The van der Waals surface area contributed by atoms with E-state index in [1.165, 1.54) is 0 Å². The molecule has 3 rings (SSSR count). The molecule has 1 heterocycles. The summed E-state index contributed by atoms with van der Waals surface area (Å²) in [4.78, 5) is 28.1. The SMILES string of the molecule is CCSc1ccc(Cl)cc1NC(=O)C1CCCN(C(=O)Nc2ccccc2)C1. The van der Waals surface area contributed by atoms with E-state index < -0.39 is 0 Å². The molecule has 1 atom stereocenters. The molecule has 0 saturated carbocycles. The molecule has 1 unspecified atom stereocenters. The monoisotopic (exact) mass is 417 g/mol. The van der Waals surface area contributed by atoms with Crippen molar-refractivity contribution in [2.75, 3.05) is 29.5 Å². The van der Waals surface area contributed by atoms with E-state index in [0.717, 1.165) is 34.9 Å². The van der Waals surface area contributed by atoms with Gasteiger partial charge in [-0.05, 0) is 48.9 Å². The van der Waals surface area contributed by atoms with Crippen LogP contribution in [0.1, 0.15) is 19.8 Å². The van der Waals surface area contributed by atoms with Crippen LogP contribution in [0.3, 0.4) is 0 Å². The Bertz CT molecular complexity index is 832. The summed E-state index contributed by atoms with van der Waals surface area (Å²) < 4.78 is 0. The Hall–Kier alpha value is -2.18. The second-order valence-electron chi connectivity index (χ2n) is 6.64. The fraction of sp³-hybridized carbons (Fsp3) is 0.333. The second kappa shape index (κ2) is 9.85. The minimum atomic E-state index is -0.242. The van der Waals surface area contributed by atoms with E-state index in [1.807, 2.05) is 42.5 Å². The lowest BCUT2D eigenvalue weighted by Gasteiger charge is -2.32. The highest BCUT2D eigenvalue weighted by molar-refractivity contribution is 7.99. The van der Waals surface area contributed by atoms with Gasteiger partial charge in [-0.25, -0.2) is 4.79 Å². The Morgan fingerprint density at radius 3 is 2.71 bits per heavy atom. The number of amides is 3. The molecule has 2 N–H and O–H groups in total. The lowest BCUT2D eigenvalue weighted by Crippen LogP contribution is -2.45. The molecule has 1 aliphatic rings. The molecule has 0 radical (unpaired) electrons. The van der Waals surface area contributed by atoms with Crippen LogP contribution in [0.25, 0.3) is 0 Å². The van der Waals surface area contributed by atoms with Crippen LogP contribution in [0, 0.1) is 5.92 Å². The molecular formula is C21H24ClN3O2S. The average molecular weight is 418 g/mol. The number of para-hydroxylation sites is 1. The summed E-state index contributed by atoms with van der Waals surface area (Å²) in [7, 11) is 0. The van der Waals surface area contributed by atoms with Gasteiger partial charge in [-0.2, -0.15) is 0 Å². The third-order valence-corrected chi connectivity index (χ3v) is 5.79. The van der Waals surface area contributed by atoms with Crippen molar-refractivity contribution in [2.45, 2.75) is 24.7 Å². The first kappa shape index (κ1) is 20.6. The first-order valence-corrected chi connectivity index (χ1v) is 10.8. The maximum atomic E-state index is 12.8. The molecule has 1 fully saturated rings. The van der Waals surface area contributed by atoms with Gasteiger partial charge in [0.15, 0.2) is 0 Å². The van der Waals surface area contributed by atoms with Crippen LogP contribution in [0.4, 0.5) is 16.2 Å². The number of urea groups is 1. The summed E-state index contributed by atoms with van der Waals surface area (Å²) in [6.45, 7) is 3.12. The number of nitrogens with zero attached hydrogens (tertiary/aromatic N) is 1. The Balaban J connectivity index is 1.63. The number of benzene rings is 2. The van der Waals surface area contributed by atoms with E-state index in [4.69, 9.17) is 11.6 Å². The fourth-order valence-electron chi connectivity index (χ4n) is 3.22. The van der Waals surface area contributed by atoms with Crippen molar-refractivity contribution in [1.29, 1.82) is 0 Å². The third-order valence-electron chi connectivity index (χ3n) is 4.60. The molecular weight excluding hydrogens is 394 g/mol. The molecule has 2 aromatic carbocycles. The van der Waals surface area contributed by atoms with Gasteiger partial charge in [-0.1, -0.05) is 36.7 Å². The lowest BCUT2D eigenvalue weighted by atomic mass is 9.97. The number of anilines is 2. The molecule has 1 saturated heterocycles. The van der Waals surface area contributed by atoms with Crippen LogP contribution in [0.2, 0.25) is 5.02 Å². The van der Waals surface area contributed by atoms with Crippen molar-refractivity contribution in [3.8, 4) is 0 Å². The number of carbonyl (C=O) groups excluding carboxylic acids is 2. The minimum absolute atomic E-state index is 0.0718. The maximum absolute atomic E-state index is 12.8. The first-order valence-electron chi connectivity index (χ1n) is 9.41. The van der Waals surface area contributed by atoms with Crippen LogP contribution < -0.4 is 10.6 Å². The highest BCUT2D eigenvalue weighted by Gasteiger charge is 2.29. The number of rotatable bonds is 5. The van der Waals surface area contributed by atoms with E-state index in [9.17, 15) is 9.59 Å². The van der Waals surface area contributed by atoms with Gasteiger partial charge in [0.1, 0.15) is 0 Å². The predicted octanol–water partition coefficient (Wildman–Crippen LogP) is 5.33. The highest BCUT2D eigenvalue weighted by atomic mass is 35.5. The molecule has 7 heteroatoms. The summed E-state index contributed by atoms with van der Waals surface area (Å²) in [5.41, 5.74) is 1.48. The number of carbonyl (C=O) groups is 2. The molecule has 0 spiro atoms. The molecule has 5 nitrogen and oxygen atoms in total. The Morgan fingerprint density at radius 1 is 1.18 bits per heavy atom. The van der Waals surface area contributed by atoms with Crippen LogP contribution in [-0.4, -0.2) is 35.7 Å². The van der Waals surface area contributed by atoms with Gasteiger partial charge in [0.25, 0.3) is 0 Å². The van der Waals surface area contributed by atoms with Crippen molar-refractivity contribution >= 4 is 46.7 Å². The van der Waals surface area contributed by atoms with Crippen molar-refractivity contribution in [2.24, 2.45) is 5.92 Å². The highest BCUT2D eigenvalue weighted by Crippen LogP contribution is 2.31. The molecule has 28 heavy (non-hydrogen) atoms. The molecule has 0 bridgehead atoms. The Labute approximate surface area is 174 Å². The number of likely N-dealkylation sites (tertiary alicyclic amines) is 1. The average Bonchev–Trinajstić information content (AvgIpc) is 2.71. The molecule has 0 aromatic heterocycles. The number of hydrogen-bond acceptors (Lipinski definition) is 3. The number of nitrogens with one attached hydrogen (secondary N) is 2. The van der Waals surface area contributed by atoms with E-state index in [0.29, 0.717) is 18.1 Å². The van der Waals surface area contributed by atoms with Gasteiger partial charge in [-0.3, -0.25) is 4.79 Å². The summed E-state index contributed by atoms with van der Waals surface area (Å²) in [6.07, 6.45) is 1.56. The number of halogens is 1. The van der Waals surface area contributed by atoms with E-state index in [1.54, 1.807) is 22.7 Å². The van der Waals surface area contributed by atoms with Gasteiger partial charge < -0.3 is 15.5 Å². The zero-order valence-corrected chi connectivity index (χ0v) is 17.4. The lowest BCUT2D eigenvalue weighted by molar-refractivity contribution is -0.121. The number of hydrogen-bond donors (Lipinski definition) is 2. The summed E-state index contributed by atoms with van der Waals surface area (Å²) in [5.74, 6) is 0.590. The topological polar surface area (TPSA) is 61.4 Å². The molecule has 3 amide bonds. The van der Waals surface area contributed by atoms with Crippen molar-refractivity contribution in [3.63, 3.8) is 0 Å². The fourth-order valence-corrected chi connectivity index (χ4v) is 4.13. The van der Waals surface area contributed by atoms with Crippen LogP contribution in [0.15, 0.2) is 53.4 Å². The van der Waals surface area contributed by atoms with Gasteiger partial charge in [0.2, 0.25) is 5.91 Å². The standard InChI is InChI=1S/C21H24ClN3O2S/c1-2-28-19-11-10-16(22)13-18(19)24-20(26)15-7-6-12-25(14-15)21(27)23-17-8-4-3-5-9-17/h3-5,8-11,13,15H,2,6-7,12,14H2,1H3,(H,23,27)(H,24,26). The minimum Gasteiger partial charge on any atom is -0.325 e. The smallest absolute Gasteiger partial charge is 0.321 e. The van der Waals surface area contributed by atoms with Gasteiger partial charge in [0.05, 0.1) is 11.6 Å². The summed E-state index contributed by atoms with van der Waals surface area (Å²) >= 11 is 7.76. The van der Waals surface area contributed by atoms with Gasteiger partial charge in [0, 0.05) is 28.7 Å². The molecule has 2 aromatic rings. The van der Waals surface area contributed by atoms with Crippen molar-refractivity contribution in [3.05, 3.63) is 53.6 Å². The maximum Gasteiger partial charge on any atom is 0.321 e. The summed E-state index contributed by atoms with van der Waals surface area (Å²) in [5, 5.41) is 6.49. The molecule has 148 valence electrons. The third kappa shape index (κ3) is 5.42. The second-order valence-corrected chi connectivity index (χ2v) is 8.39. The van der Waals surface area contributed by atoms with E-state index >= 15 is 0 Å². The van der Waals surface area contributed by atoms with Crippen LogP contribution in [-0.2, 0) is 4.79 Å². The quantitative estimate of drug-likeness (QED) is 0.646. The van der Waals surface area contributed by atoms with E-state index in [2.05, 4.69) is 17.6 Å². The zero-order chi connectivity index (χ0) is 19.9. The zero-order valence-electron chi connectivity index (χ0n) is 15.8. The van der Waals surface area contributed by atoms with Gasteiger partial charge in [-0.15, -0.1) is 11.8 Å². The Morgan fingerprint density at radius 2 is 1.96 bits per heavy atom. The van der Waals surface area contributed by atoms with Gasteiger partial charge >= 0.3 is 6.03 Å².